The highest BCUT2D eigenvalue weighted by molar-refractivity contribution is 7.91. The minimum atomic E-state index is -3.02. The van der Waals surface area contributed by atoms with Crippen molar-refractivity contribution in [3.8, 4) is 0 Å². The zero-order valence-corrected chi connectivity index (χ0v) is 13.0. The summed E-state index contributed by atoms with van der Waals surface area (Å²) in [6.45, 7) is 5.76. The largest absolute Gasteiger partial charge is 0.337 e. The Balaban J connectivity index is 2.50. The third kappa shape index (κ3) is 4.99. The lowest BCUT2D eigenvalue weighted by Crippen LogP contribution is -2.48. The summed E-state index contributed by atoms with van der Waals surface area (Å²) in [5.74, 6) is -0.110. The number of hydrogen-bond acceptors (Lipinski definition) is 4. The van der Waals surface area contributed by atoms with Crippen LogP contribution in [0.15, 0.2) is 0 Å². The highest BCUT2D eigenvalue weighted by Gasteiger charge is 2.33. The lowest BCUT2D eigenvalue weighted by Gasteiger charge is -2.27. The molecule has 0 spiro atoms. The maximum atomic E-state index is 12.1. The molecule has 1 aliphatic heterocycles. The maximum absolute atomic E-state index is 12.1. The second kappa shape index (κ2) is 6.92. The molecule has 1 unspecified atom stereocenters. The number of sulfone groups is 1. The number of nitrogens with one attached hydrogen (secondary N) is 2. The van der Waals surface area contributed by atoms with Gasteiger partial charge in [-0.15, -0.1) is 0 Å². The lowest BCUT2D eigenvalue weighted by atomic mass is 10.2. The van der Waals surface area contributed by atoms with Crippen molar-refractivity contribution in [2.24, 2.45) is 0 Å². The molecule has 20 heavy (non-hydrogen) atoms. The Morgan fingerprint density at radius 1 is 1.35 bits per heavy atom. The van der Waals surface area contributed by atoms with Crippen LogP contribution in [-0.2, 0) is 14.6 Å². The van der Waals surface area contributed by atoms with E-state index in [1.807, 2.05) is 13.8 Å². The molecule has 3 amide bonds. The Labute approximate surface area is 120 Å². The van der Waals surface area contributed by atoms with Crippen molar-refractivity contribution in [2.45, 2.75) is 39.3 Å². The van der Waals surface area contributed by atoms with Gasteiger partial charge in [0.2, 0.25) is 5.91 Å². The molecule has 0 bridgehead atoms. The topological polar surface area (TPSA) is 95.6 Å². The summed E-state index contributed by atoms with van der Waals surface area (Å²) < 4.78 is 22.9. The Morgan fingerprint density at radius 2 is 2.00 bits per heavy atom. The Hall–Kier alpha value is -1.31. The van der Waals surface area contributed by atoms with Crippen molar-refractivity contribution in [3.63, 3.8) is 0 Å². The Bertz CT molecular complexity index is 461. The molecule has 0 aromatic carbocycles. The van der Waals surface area contributed by atoms with E-state index in [0.717, 1.165) is 0 Å². The predicted octanol–water partition coefficient (Wildman–Crippen LogP) is -0.270. The van der Waals surface area contributed by atoms with Crippen molar-refractivity contribution >= 4 is 21.8 Å². The molecule has 0 saturated carbocycles. The van der Waals surface area contributed by atoms with Gasteiger partial charge in [-0.1, -0.05) is 0 Å². The van der Waals surface area contributed by atoms with Crippen LogP contribution in [0.5, 0.6) is 0 Å². The van der Waals surface area contributed by atoms with E-state index in [1.54, 1.807) is 6.92 Å². The molecule has 1 aliphatic rings. The van der Waals surface area contributed by atoms with Gasteiger partial charge in [-0.2, -0.15) is 0 Å². The highest BCUT2D eigenvalue weighted by atomic mass is 32.2. The van der Waals surface area contributed by atoms with Crippen LogP contribution in [0.3, 0.4) is 0 Å². The van der Waals surface area contributed by atoms with Crippen LogP contribution in [0.4, 0.5) is 4.79 Å². The summed E-state index contributed by atoms with van der Waals surface area (Å²) in [4.78, 5) is 25.0. The van der Waals surface area contributed by atoms with Gasteiger partial charge < -0.3 is 15.5 Å². The van der Waals surface area contributed by atoms with Gasteiger partial charge in [0.25, 0.3) is 0 Å². The van der Waals surface area contributed by atoms with Crippen LogP contribution < -0.4 is 10.6 Å². The van der Waals surface area contributed by atoms with Gasteiger partial charge in [0.1, 0.15) is 0 Å². The van der Waals surface area contributed by atoms with Crippen LogP contribution in [0, 0.1) is 0 Å². The Morgan fingerprint density at radius 3 is 2.45 bits per heavy atom. The molecule has 2 N–H and O–H groups in total. The van der Waals surface area contributed by atoms with Crippen molar-refractivity contribution in [1.82, 2.24) is 15.5 Å². The molecule has 1 heterocycles. The molecule has 1 saturated heterocycles. The van der Waals surface area contributed by atoms with Crippen molar-refractivity contribution in [2.75, 3.05) is 24.6 Å². The quantitative estimate of drug-likeness (QED) is 0.731. The summed E-state index contributed by atoms with van der Waals surface area (Å²) in [7, 11) is -3.02. The molecule has 0 aliphatic carbocycles. The lowest BCUT2D eigenvalue weighted by molar-refractivity contribution is -0.131. The first-order valence-corrected chi connectivity index (χ1v) is 8.61. The van der Waals surface area contributed by atoms with Crippen LogP contribution in [-0.4, -0.2) is 61.9 Å². The van der Waals surface area contributed by atoms with Gasteiger partial charge in [0.05, 0.1) is 18.1 Å². The molecule has 1 atom stereocenters. The van der Waals surface area contributed by atoms with E-state index in [2.05, 4.69) is 10.6 Å². The van der Waals surface area contributed by atoms with Gasteiger partial charge >= 0.3 is 6.03 Å². The smallest absolute Gasteiger partial charge is 0.315 e. The van der Waals surface area contributed by atoms with Gasteiger partial charge in [0, 0.05) is 18.6 Å². The molecule has 0 aromatic heterocycles. The predicted molar refractivity (Wildman–Crippen MR) is 76.1 cm³/mol. The third-order valence-electron chi connectivity index (χ3n) is 3.13. The number of rotatable bonds is 5. The summed E-state index contributed by atoms with van der Waals surface area (Å²) in [6, 6.07) is -0.678. The van der Waals surface area contributed by atoms with E-state index in [4.69, 9.17) is 0 Å². The molecular weight excluding hydrogens is 282 g/mol. The number of carbonyl (C=O) groups excluding carboxylic acids is 2. The van der Waals surface area contributed by atoms with Crippen LogP contribution in [0.25, 0.3) is 0 Å². The maximum Gasteiger partial charge on any atom is 0.315 e. The number of urea groups is 1. The zero-order chi connectivity index (χ0) is 15.3. The van der Waals surface area contributed by atoms with Crippen molar-refractivity contribution in [1.29, 1.82) is 0 Å². The van der Waals surface area contributed by atoms with Gasteiger partial charge in [0.15, 0.2) is 9.84 Å². The fraction of sp³-hybridized carbons (Fsp3) is 0.833. The minimum absolute atomic E-state index is 0.00708. The van der Waals surface area contributed by atoms with Crippen LogP contribution >= 0.6 is 0 Å². The summed E-state index contributed by atoms with van der Waals surface area (Å²) in [5, 5.41) is 5.10. The fourth-order valence-electron chi connectivity index (χ4n) is 2.23. The highest BCUT2D eigenvalue weighted by Crippen LogP contribution is 2.17. The second-order valence-electron chi connectivity index (χ2n) is 5.22. The van der Waals surface area contributed by atoms with Gasteiger partial charge in [-0.25, -0.2) is 13.2 Å². The average molecular weight is 305 g/mol. The van der Waals surface area contributed by atoms with E-state index < -0.39 is 15.9 Å². The summed E-state index contributed by atoms with van der Waals surface area (Å²) in [6.07, 6.45) is 0.472. The molecule has 8 heteroatoms. The number of carbonyl (C=O) groups is 2. The summed E-state index contributed by atoms with van der Waals surface area (Å²) >= 11 is 0. The first-order valence-electron chi connectivity index (χ1n) is 6.79. The van der Waals surface area contributed by atoms with E-state index in [-0.39, 0.29) is 36.0 Å². The van der Waals surface area contributed by atoms with Crippen molar-refractivity contribution < 1.29 is 18.0 Å². The number of hydrogen-bond donors (Lipinski definition) is 2. The van der Waals surface area contributed by atoms with Gasteiger partial charge in [-0.3, -0.25) is 4.79 Å². The second-order valence-corrected chi connectivity index (χ2v) is 7.45. The Kier molecular flexibility index (Phi) is 5.79. The molecular formula is C12H23N3O4S. The van der Waals surface area contributed by atoms with Gasteiger partial charge in [-0.05, 0) is 27.2 Å². The average Bonchev–Trinajstić information content (AvgIpc) is 2.67. The fourth-order valence-corrected chi connectivity index (χ4v) is 3.96. The monoisotopic (exact) mass is 305 g/mol. The van der Waals surface area contributed by atoms with E-state index in [9.17, 15) is 18.0 Å². The van der Waals surface area contributed by atoms with E-state index in [0.29, 0.717) is 13.0 Å². The number of nitrogens with zero attached hydrogens (tertiary/aromatic N) is 1. The SMILES string of the molecule is CCN(C(=O)CNC(=O)NC(C)C)C1CCS(=O)(=O)C1. The zero-order valence-electron chi connectivity index (χ0n) is 12.2. The molecule has 116 valence electrons. The number of amides is 3. The normalized spacial score (nSPS) is 20.7. The van der Waals surface area contributed by atoms with Crippen molar-refractivity contribution in [3.05, 3.63) is 0 Å². The molecule has 1 rings (SSSR count). The first-order chi connectivity index (χ1) is 9.25. The third-order valence-corrected chi connectivity index (χ3v) is 4.88. The van der Waals surface area contributed by atoms with Crippen LogP contribution in [0.1, 0.15) is 27.2 Å². The van der Waals surface area contributed by atoms with E-state index in [1.165, 1.54) is 4.90 Å². The van der Waals surface area contributed by atoms with Crippen LogP contribution in [0.2, 0.25) is 0 Å². The molecule has 0 radical (unpaired) electrons. The molecule has 1 fully saturated rings. The minimum Gasteiger partial charge on any atom is -0.337 e. The van der Waals surface area contributed by atoms with E-state index >= 15 is 0 Å². The summed E-state index contributed by atoms with van der Waals surface area (Å²) in [5.41, 5.74) is 0. The standard InChI is InChI=1S/C12H23N3O4S/c1-4-15(10-5-6-20(18,19)8-10)11(16)7-13-12(17)14-9(2)3/h9-10H,4-8H2,1-3H3,(H2,13,14,17). The number of likely N-dealkylation sites (N-methyl/N-ethyl adjacent to an activating group) is 1. The first kappa shape index (κ1) is 16.7. The molecule has 7 nitrogen and oxygen atoms in total. The molecule has 0 aromatic rings.